The van der Waals surface area contributed by atoms with Crippen molar-refractivity contribution < 1.29 is 13.7 Å². The van der Waals surface area contributed by atoms with Gasteiger partial charge in [0.05, 0.1) is 0 Å². The van der Waals surface area contributed by atoms with Crippen LogP contribution < -0.4 is 0 Å². The van der Waals surface area contributed by atoms with Gasteiger partial charge in [0, 0.05) is 38.0 Å². The Balaban J connectivity index is 1.21. The summed E-state index contributed by atoms with van der Waals surface area (Å²) < 4.78 is 18.8. The van der Waals surface area contributed by atoms with Crippen molar-refractivity contribution in [3.8, 4) is 11.4 Å². The van der Waals surface area contributed by atoms with Gasteiger partial charge in [-0.15, -0.1) is 0 Å². The van der Waals surface area contributed by atoms with E-state index in [1.54, 1.807) is 19.1 Å². The van der Waals surface area contributed by atoms with E-state index >= 15 is 0 Å². The molecule has 0 spiro atoms. The van der Waals surface area contributed by atoms with E-state index in [1.807, 2.05) is 11.0 Å². The van der Waals surface area contributed by atoms with E-state index in [0.29, 0.717) is 35.7 Å². The maximum atomic E-state index is 13.5. The highest BCUT2D eigenvalue weighted by Crippen LogP contribution is 2.19. The summed E-state index contributed by atoms with van der Waals surface area (Å²) in [7, 11) is 0. The van der Waals surface area contributed by atoms with Crippen LogP contribution in [0.2, 0.25) is 0 Å². The van der Waals surface area contributed by atoms with Gasteiger partial charge in [0.15, 0.2) is 0 Å². The highest BCUT2D eigenvalue weighted by molar-refractivity contribution is 5.76. The quantitative estimate of drug-likeness (QED) is 0.513. The Morgan fingerprint density at radius 3 is 2.73 bits per heavy atom. The van der Waals surface area contributed by atoms with Gasteiger partial charge in [-0.25, -0.2) is 4.39 Å². The lowest BCUT2D eigenvalue weighted by Crippen LogP contribution is -2.35. The molecule has 1 amide bonds. The molecule has 6 nitrogen and oxygen atoms in total. The molecule has 1 fully saturated rings. The predicted octanol–water partition coefficient (Wildman–Crippen LogP) is 4.28. The summed E-state index contributed by atoms with van der Waals surface area (Å²) in [4.78, 5) is 21.6. The van der Waals surface area contributed by atoms with Crippen LogP contribution in [-0.4, -0.2) is 58.6 Å². The standard InChI is InChI=1S/C26H31FN4O2/c1-20-19-22(10-11-23(20)27)26-28-24(33-29-26)12-13-25(32)31-16-6-15-30(17-18-31)14-5-9-21-7-3-2-4-8-21/h2-4,7-8,10-11,19H,5-6,9,12-18H2,1H3. The molecule has 1 aliphatic rings. The van der Waals surface area contributed by atoms with Gasteiger partial charge < -0.3 is 14.3 Å². The molecule has 7 heteroatoms. The number of carbonyl (C=O) groups excluding carboxylic acids is 1. The third-order valence-electron chi connectivity index (χ3n) is 6.16. The van der Waals surface area contributed by atoms with Crippen LogP contribution in [0, 0.1) is 12.7 Å². The summed E-state index contributed by atoms with van der Waals surface area (Å²) >= 11 is 0. The van der Waals surface area contributed by atoms with E-state index in [2.05, 4.69) is 39.3 Å². The molecule has 1 aromatic heterocycles. The summed E-state index contributed by atoms with van der Waals surface area (Å²) in [5.74, 6) is 0.706. The van der Waals surface area contributed by atoms with Gasteiger partial charge >= 0.3 is 0 Å². The number of nitrogens with zero attached hydrogens (tertiary/aromatic N) is 4. The molecule has 0 aliphatic carbocycles. The third-order valence-corrected chi connectivity index (χ3v) is 6.16. The van der Waals surface area contributed by atoms with Crippen LogP contribution in [0.15, 0.2) is 53.1 Å². The van der Waals surface area contributed by atoms with Crippen LogP contribution in [0.5, 0.6) is 0 Å². The first-order valence-corrected chi connectivity index (χ1v) is 11.7. The molecule has 1 aliphatic heterocycles. The van der Waals surface area contributed by atoms with Crippen molar-refractivity contribution in [1.82, 2.24) is 19.9 Å². The molecule has 0 saturated carbocycles. The molecule has 174 valence electrons. The van der Waals surface area contributed by atoms with Gasteiger partial charge in [-0.05, 0) is 68.6 Å². The van der Waals surface area contributed by atoms with Crippen molar-refractivity contribution in [2.24, 2.45) is 0 Å². The smallest absolute Gasteiger partial charge is 0.227 e. The molecule has 3 aromatic rings. The van der Waals surface area contributed by atoms with E-state index in [9.17, 15) is 9.18 Å². The highest BCUT2D eigenvalue weighted by Gasteiger charge is 2.20. The first kappa shape index (κ1) is 23.1. The minimum absolute atomic E-state index is 0.124. The van der Waals surface area contributed by atoms with E-state index in [-0.39, 0.29) is 11.7 Å². The van der Waals surface area contributed by atoms with Gasteiger partial charge in [-0.3, -0.25) is 4.79 Å². The zero-order chi connectivity index (χ0) is 23.0. The number of hydrogen-bond donors (Lipinski definition) is 0. The number of hydrogen-bond acceptors (Lipinski definition) is 5. The fourth-order valence-electron chi connectivity index (χ4n) is 4.22. The van der Waals surface area contributed by atoms with E-state index in [4.69, 9.17) is 4.52 Å². The van der Waals surface area contributed by atoms with E-state index in [0.717, 1.165) is 52.0 Å². The molecule has 0 radical (unpaired) electrons. The van der Waals surface area contributed by atoms with Gasteiger partial charge in [-0.1, -0.05) is 35.5 Å². The summed E-state index contributed by atoms with van der Waals surface area (Å²) in [6.07, 6.45) is 3.96. The summed E-state index contributed by atoms with van der Waals surface area (Å²) in [5.41, 5.74) is 2.61. The second-order valence-corrected chi connectivity index (χ2v) is 8.64. The molecular weight excluding hydrogens is 419 g/mol. The second kappa shape index (κ2) is 11.2. The Bertz CT molecular complexity index is 1050. The lowest BCUT2D eigenvalue weighted by atomic mass is 10.1. The number of aryl methyl sites for hydroxylation is 3. The van der Waals surface area contributed by atoms with Crippen molar-refractivity contribution in [1.29, 1.82) is 0 Å². The number of aromatic nitrogens is 2. The maximum absolute atomic E-state index is 13.5. The minimum Gasteiger partial charge on any atom is -0.341 e. The van der Waals surface area contributed by atoms with Crippen molar-refractivity contribution in [2.45, 2.75) is 39.0 Å². The largest absolute Gasteiger partial charge is 0.341 e. The lowest BCUT2D eigenvalue weighted by molar-refractivity contribution is -0.131. The molecule has 0 N–H and O–H groups in total. The molecule has 4 rings (SSSR count). The molecule has 2 aromatic carbocycles. The monoisotopic (exact) mass is 450 g/mol. The fourth-order valence-corrected chi connectivity index (χ4v) is 4.22. The van der Waals surface area contributed by atoms with Crippen molar-refractivity contribution in [3.05, 3.63) is 71.4 Å². The van der Waals surface area contributed by atoms with E-state index < -0.39 is 0 Å². The molecule has 0 bridgehead atoms. The Labute approximate surface area is 194 Å². The lowest BCUT2D eigenvalue weighted by Gasteiger charge is -2.22. The number of rotatable bonds is 8. The highest BCUT2D eigenvalue weighted by atomic mass is 19.1. The Hall–Kier alpha value is -3.06. The first-order chi connectivity index (χ1) is 16.1. The van der Waals surface area contributed by atoms with Crippen molar-refractivity contribution >= 4 is 5.91 Å². The van der Waals surface area contributed by atoms with Crippen molar-refractivity contribution in [3.63, 3.8) is 0 Å². The van der Waals surface area contributed by atoms with Crippen LogP contribution in [-0.2, 0) is 17.6 Å². The third kappa shape index (κ3) is 6.48. The van der Waals surface area contributed by atoms with Crippen LogP contribution in [0.1, 0.15) is 36.3 Å². The van der Waals surface area contributed by atoms with Crippen LogP contribution in [0.4, 0.5) is 4.39 Å². The molecule has 0 atom stereocenters. The number of carbonyl (C=O) groups is 1. The summed E-state index contributed by atoms with van der Waals surface area (Å²) in [6.45, 7) is 6.25. The Morgan fingerprint density at radius 1 is 1.06 bits per heavy atom. The van der Waals surface area contributed by atoms with Gasteiger partial charge in [0.1, 0.15) is 5.82 Å². The van der Waals surface area contributed by atoms with Crippen LogP contribution in [0.3, 0.4) is 0 Å². The zero-order valence-electron chi connectivity index (χ0n) is 19.2. The number of halogens is 1. The van der Waals surface area contributed by atoms with Crippen LogP contribution >= 0.6 is 0 Å². The molecule has 0 unspecified atom stereocenters. The average molecular weight is 451 g/mol. The summed E-state index contributed by atoms with van der Waals surface area (Å²) in [5, 5.41) is 3.98. The molecular formula is C26H31FN4O2. The first-order valence-electron chi connectivity index (χ1n) is 11.7. The van der Waals surface area contributed by atoms with E-state index in [1.165, 1.54) is 11.6 Å². The van der Waals surface area contributed by atoms with Crippen LogP contribution in [0.25, 0.3) is 11.4 Å². The number of amides is 1. The van der Waals surface area contributed by atoms with Crippen molar-refractivity contribution in [2.75, 3.05) is 32.7 Å². The number of benzene rings is 2. The second-order valence-electron chi connectivity index (χ2n) is 8.64. The minimum atomic E-state index is -0.264. The molecule has 2 heterocycles. The fraction of sp³-hybridized carbons (Fsp3) is 0.423. The topological polar surface area (TPSA) is 62.5 Å². The van der Waals surface area contributed by atoms with Gasteiger partial charge in [0.25, 0.3) is 0 Å². The maximum Gasteiger partial charge on any atom is 0.227 e. The Kier molecular flexibility index (Phi) is 7.83. The van der Waals surface area contributed by atoms with Gasteiger partial charge in [-0.2, -0.15) is 4.98 Å². The average Bonchev–Trinajstić information content (AvgIpc) is 3.18. The molecule has 1 saturated heterocycles. The predicted molar refractivity (Wildman–Crippen MR) is 125 cm³/mol. The normalized spacial score (nSPS) is 14.9. The zero-order valence-corrected chi connectivity index (χ0v) is 19.2. The molecule has 33 heavy (non-hydrogen) atoms. The SMILES string of the molecule is Cc1cc(-c2noc(CCC(=O)N3CCCN(CCCc4ccccc4)CC3)n2)ccc1F. The van der Waals surface area contributed by atoms with Gasteiger partial charge in [0.2, 0.25) is 17.6 Å². The summed E-state index contributed by atoms with van der Waals surface area (Å²) in [6, 6.07) is 15.3. The Morgan fingerprint density at radius 2 is 1.91 bits per heavy atom.